The van der Waals surface area contributed by atoms with Gasteiger partial charge in [0.05, 0.1) is 18.6 Å². The second-order valence-corrected chi connectivity index (χ2v) is 5.22. The van der Waals surface area contributed by atoms with Gasteiger partial charge < -0.3 is 9.13 Å². The van der Waals surface area contributed by atoms with Crippen LogP contribution < -0.4 is 0 Å². The van der Waals surface area contributed by atoms with Crippen LogP contribution in [0.5, 0.6) is 0 Å². The number of carbonyl (C=O) groups is 1. The van der Waals surface area contributed by atoms with E-state index >= 15 is 0 Å². The minimum absolute atomic E-state index is 0.294. The van der Waals surface area contributed by atoms with Crippen molar-refractivity contribution in [3.05, 3.63) is 41.7 Å². The summed E-state index contributed by atoms with van der Waals surface area (Å²) in [5, 5.41) is 0. The van der Waals surface area contributed by atoms with Gasteiger partial charge in [0.2, 0.25) is 0 Å². The van der Waals surface area contributed by atoms with Crippen molar-refractivity contribution in [1.82, 2.24) is 14.1 Å². The summed E-state index contributed by atoms with van der Waals surface area (Å²) in [6.45, 7) is 3.95. The first-order valence-electron chi connectivity index (χ1n) is 6.98. The fourth-order valence-corrected chi connectivity index (χ4v) is 2.78. The molecule has 0 saturated carbocycles. The Kier molecular flexibility index (Phi) is 3.23. The highest BCUT2D eigenvalue weighted by molar-refractivity contribution is 5.98. The highest BCUT2D eigenvalue weighted by Gasteiger charge is 2.19. The number of hydrogen-bond acceptors (Lipinski definition) is 2. The molecule has 0 aliphatic heterocycles. The van der Waals surface area contributed by atoms with E-state index < -0.39 is 0 Å². The molecule has 4 nitrogen and oxygen atoms in total. The smallest absolute Gasteiger partial charge is 0.164 e. The minimum Gasteiger partial charge on any atom is -0.347 e. The monoisotopic (exact) mass is 257 g/mol. The molecule has 0 atom stereocenters. The predicted molar refractivity (Wildman–Crippen MR) is 73.3 cm³/mol. The molecule has 0 amide bonds. The van der Waals surface area contributed by atoms with E-state index in [-0.39, 0.29) is 0 Å². The SMILES string of the molecule is CCCn1cncc1Cn1cc2c(c1)C(=O)CCC2. The number of nitrogens with zero attached hydrogens (tertiary/aromatic N) is 3. The standard InChI is InChI=1S/C15H19N3O/c1-2-6-18-11-16-7-13(18)9-17-8-12-4-3-5-15(19)14(12)10-17/h7-8,10-11H,2-6,9H2,1H3. The highest BCUT2D eigenvalue weighted by atomic mass is 16.1. The average Bonchev–Trinajstić information content (AvgIpc) is 2.98. The molecule has 100 valence electrons. The lowest BCUT2D eigenvalue weighted by molar-refractivity contribution is 0.0973. The van der Waals surface area contributed by atoms with E-state index in [4.69, 9.17) is 0 Å². The second-order valence-electron chi connectivity index (χ2n) is 5.22. The molecule has 0 fully saturated rings. The lowest BCUT2D eigenvalue weighted by Crippen LogP contribution is -2.07. The third kappa shape index (κ3) is 2.35. The summed E-state index contributed by atoms with van der Waals surface area (Å²) in [5.41, 5.74) is 3.33. The van der Waals surface area contributed by atoms with E-state index in [1.165, 1.54) is 11.3 Å². The molecular formula is C15H19N3O. The summed E-state index contributed by atoms with van der Waals surface area (Å²) in [4.78, 5) is 16.1. The topological polar surface area (TPSA) is 39.8 Å². The Balaban J connectivity index is 1.83. The molecule has 1 aliphatic carbocycles. The van der Waals surface area contributed by atoms with E-state index in [1.807, 2.05) is 18.7 Å². The number of carbonyl (C=O) groups excluding carboxylic acids is 1. The summed E-state index contributed by atoms with van der Waals surface area (Å²) in [6, 6.07) is 0. The van der Waals surface area contributed by atoms with Crippen molar-refractivity contribution in [3.63, 3.8) is 0 Å². The summed E-state index contributed by atoms with van der Waals surface area (Å²) in [5.74, 6) is 0.294. The van der Waals surface area contributed by atoms with Crippen molar-refractivity contribution in [2.45, 2.75) is 45.7 Å². The van der Waals surface area contributed by atoms with Crippen LogP contribution >= 0.6 is 0 Å². The Morgan fingerprint density at radius 1 is 1.32 bits per heavy atom. The first-order chi connectivity index (χ1) is 9.28. The average molecular weight is 257 g/mol. The van der Waals surface area contributed by atoms with Gasteiger partial charge in [0.25, 0.3) is 0 Å². The van der Waals surface area contributed by atoms with Gasteiger partial charge in [-0.15, -0.1) is 0 Å². The quantitative estimate of drug-likeness (QED) is 0.844. The van der Waals surface area contributed by atoms with Crippen LogP contribution in [0.25, 0.3) is 0 Å². The van der Waals surface area contributed by atoms with Gasteiger partial charge in [0.15, 0.2) is 5.78 Å². The molecule has 0 bridgehead atoms. The zero-order valence-corrected chi connectivity index (χ0v) is 11.3. The Labute approximate surface area is 113 Å². The van der Waals surface area contributed by atoms with Gasteiger partial charge in [-0.1, -0.05) is 6.92 Å². The number of rotatable bonds is 4. The number of aryl methyl sites for hydroxylation is 2. The van der Waals surface area contributed by atoms with Gasteiger partial charge in [0, 0.05) is 37.1 Å². The maximum absolute atomic E-state index is 11.8. The predicted octanol–water partition coefficient (Wildman–Crippen LogP) is 2.66. The van der Waals surface area contributed by atoms with E-state index in [2.05, 4.69) is 27.2 Å². The maximum Gasteiger partial charge on any atom is 0.164 e. The highest BCUT2D eigenvalue weighted by Crippen LogP contribution is 2.22. The molecular weight excluding hydrogens is 238 g/mol. The van der Waals surface area contributed by atoms with Crippen LogP contribution in [0, 0.1) is 0 Å². The van der Waals surface area contributed by atoms with Crippen LogP contribution in [0.4, 0.5) is 0 Å². The Morgan fingerprint density at radius 2 is 2.21 bits per heavy atom. The van der Waals surface area contributed by atoms with Crippen molar-refractivity contribution in [2.24, 2.45) is 0 Å². The number of imidazole rings is 1. The molecule has 0 saturated heterocycles. The fourth-order valence-electron chi connectivity index (χ4n) is 2.78. The van der Waals surface area contributed by atoms with Crippen molar-refractivity contribution in [1.29, 1.82) is 0 Å². The van der Waals surface area contributed by atoms with Crippen LogP contribution in [-0.4, -0.2) is 19.9 Å². The maximum atomic E-state index is 11.8. The zero-order chi connectivity index (χ0) is 13.2. The number of hydrogen-bond donors (Lipinski definition) is 0. The normalized spacial score (nSPS) is 14.7. The zero-order valence-electron chi connectivity index (χ0n) is 11.3. The molecule has 2 aromatic heterocycles. The summed E-state index contributed by atoms with van der Waals surface area (Å²) >= 11 is 0. The number of ketones is 1. The van der Waals surface area contributed by atoms with Crippen molar-refractivity contribution >= 4 is 5.78 Å². The van der Waals surface area contributed by atoms with E-state index in [9.17, 15) is 4.79 Å². The fraction of sp³-hybridized carbons (Fsp3) is 0.467. The summed E-state index contributed by atoms with van der Waals surface area (Å²) in [7, 11) is 0. The largest absolute Gasteiger partial charge is 0.347 e. The van der Waals surface area contributed by atoms with Gasteiger partial charge in [0.1, 0.15) is 0 Å². The minimum atomic E-state index is 0.294. The Bertz CT molecular complexity index is 594. The number of aromatic nitrogens is 3. The van der Waals surface area contributed by atoms with Crippen molar-refractivity contribution in [2.75, 3.05) is 0 Å². The molecule has 2 aromatic rings. The molecule has 19 heavy (non-hydrogen) atoms. The van der Waals surface area contributed by atoms with Gasteiger partial charge in [-0.3, -0.25) is 4.79 Å². The van der Waals surface area contributed by atoms with Gasteiger partial charge in [-0.05, 0) is 24.8 Å². The molecule has 0 aromatic carbocycles. The first-order valence-corrected chi connectivity index (χ1v) is 6.98. The van der Waals surface area contributed by atoms with Gasteiger partial charge in [-0.25, -0.2) is 4.98 Å². The molecule has 0 spiro atoms. The third-order valence-corrected chi connectivity index (χ3v) is 3.72. The van der Waals surface area contributed by atoms with Crippen molar-refractivity contribution in [3.8, 4) is 0 Å². The van der Waals surface area contributed by atoms with Crippen LogP contribution in [0.15, 0.2) is 24.9 Å². The van der Waals surface area contributed by atoms with Crippen LogP contribution in [0.2, 0.25) is 0 Å². The van der Waals surface area contributed by atoms with Crippen molar-refractivity contribution < 1.29 is 4.79 Å². The lowest BCUT2D eigenvalue weighted by atomic mass is 9.95. The molecule has 1 aliphatic rings. The van der Waals surface area contributed by atoms with Gasteiger partial charge in [-0.2, -0.15) is 0 Å². The second kappa shape index (κ2) is 5.03. The van der Waals surface area contributed by atoms with E-state index in [0.717, 1.165) is 37.9 Å². The van der Waals surface area contributed by atoms with Crippen LogP contribution in [0.3, 0.4) is 0 Å². The van der Waals surface area contributed by atoms with Crippen LogP contribution in [0.1, 0.15) is 47.8 Å². The van der Waals surface area contributed by atoms with Gasteiger partial charge >= 0.3 is 0 Å². The molecule has 0 unspecified atom stereocenters. The number of Topliss-reactive ketones (excluding diaryl/α,β-unsaturated/α-hetero) is 1. The molecule has 0 N–H and O–H groups in total. The molecule has 4 heteroatoms. The molecule has 0 radical (unpaired) electrons. The summed E-state index contributed by atoms with van der Waals surface area (Å²) < 4.78 is 4.30. The molecule has 3 rings (SSSR count). The van der Waals surface area contributed by atoms with Crippen LogP contribution in [-0.2, 0) is 19.5 Å². The molecule has 2 heterocycles. The Hall–Kier alpha value is -1.84. The van der Waals surface area contributed by atoms with E-state index in [1.54, 1.807) is 0 Å². The summed E-state index contributed by atoms with van der Waals surface area (Å²) in [6.07, 6.45) is 11.7. The third-order valence-electron chi connectivity index (χ3n) is 3.72. The lowest BCUT2D eigenvalue weighted by Gasteiger charge is -2.07. The first kappa shape index (κ1) is 12.2. The number of fused-ring (bicyclic) bond motifs is 1. The van der Waals surface area contributed by atoms with E-state index in [0.29, 0.717) is 12.2 Å². The Morgan fingerprint density at radius 3 is 3.00 bits per heavy atom.